The Hall–Kier alpha value is -1.65. The second kappa shape index (κ2) is 6.68. The van der Waals surface area contributed by atoms with Gasteiger partial charge in [-0.3, -0.25) is 4.98 Å². The summed E-state index contributed by atoms with van der Waals surface area (Å²) < 4.78 is 0. The van der Waals surface area contributed by atoms with Crippen LogP contribution in [0.3, 0.4) is 0 Å². The van der Waals surface area contributed by atoms with Gasteiger partial charge < -0.3 is 10.6 Å². The Kier molecular flexibility index (Phi) is 4.93. The largest absolute Gasteiger partial charge is 0.389 e. The zero-order chi connectivity index (χ0) is 14.5. The molecule has 0 amide bonds. The lowest BCUT2D eigenvalue weighted by Gasteiger charge is -2.21. The van der Waals surface area contributed by atoms with Crippen LogP contribution in [0, 0.1) is 0 Å². The van der Waals surface area contributed by atoms with Crippen molar-refractivity contribution in [3.8, 4) is 0 Å². The van der Waals surface area contributed by atoms with E-state index in [1.807, 2.05) is 37.4 Å². The lowest BCUT2D eigenvalue weighted by molar-refractivity contribution is 0.875. The molecular weight excluding hydrogens is 290 g/mol. The summed E-state index contributed by atoms with van der Waals surface area (Å²) >= 11 is 11.2. The van der Waals surface area contributed by atoms with Crippen molar-refractivity contribution in [2.75, 3.05) is 18.5 Å². The molecule has 3 nitrogen and oxygen atoms in total. The molecule has 0 saturated heterocycles. The van der Waals surface area contributed by atoms with Gasteiger partial charge in [0.05, 0.1) is 10.7 Å². The van der Waals surface area contributed by atoms with Crippen molar-refractivity contribution in [1.82, 2.24) is 4.98 Å². The smallest absolute Gasteiger partial charge is 0.104 e. The number of likely N-dealkylation sites (N-methyl/N-ethyl adjacent to an activating group) is 1. The first kappa shape index (κ1) is 14.8. The second-order valence-corrected chi connectivity index (χ2v) is 5.40. The molecule has 2 rings (SSSR count). The van der Waals surface area contributed by atoms with E-state index in [2.05, 4.69) is 9.88 Å². The average molecular weight is 306 g/mol. The Morgan fingerprint density at radius 1 is 1.30 bits per heavy atom. The first-order chi connectivity index (χ1) is 9.58. The molecule has 0 unspecified atom stereocenters. The van der Waals surface area contributed by atoms with Crippen LogP contribution in [0.1, 0.15) is 11.1 Å². The lowest BCUT2D eigenvalue weighted by atomic mass is 10.1. The van der Waals surface area contributed by atoms with E-state index in [4.69, 9.17) is 29.6 Å². The van der Waals surface area contributed by atoms with Gasteiger partial charge in [0.1, 0.15) is 4.99 Å². The van der Waals surface area contributed by atoms with Crippen molar-refractivity contribution in [2.45, 2.75) is 6.42 Å². The average Bonchev–Trinajstić information content (AvgIpc) is 2.45. The van der Waals surface area contributed by atoms with E-state index in [1.54, 1.807) is 12.4 Å². The first-order valence-corrected chi connectivity index (χ1v) is 7.06. The molecule has 2 N–H and O–H groups in total. The van der Waals surface area contributed by atoms with Gasteiger partial charge in [-0.05, 0) is 42.3 Å². The summed E-state index contributed by atoms with van der Waals surface area (Å²) in [4.78, 5) is 6.49. The summed E-state index contributed by atoms with van der Waals surface area (Å²) in [6.45, 7) is 0.871. The number of thiocarbonyl (C=S) groups is 1. The number of aromatic nitrogens is 1. The molecule has 0 spiro atoms. The van der Waals surface area contributed by atoms with Crippen LogP contribution in [0.2, 0.25) is 5.02 Å². The molecule has 0 aliphatic heterocycles. The number of halogens is 1. The minimum atomic E-state index is 0.359. The van der Waals surface area contributed by atoms with E-state index in [-0.39, 0.29) is 0 Å². The van der Waals surface area contributed by atoms with Crippen LogP contribution in [0.25, 0.3) is 0 Å². The van der Waals surface area contributed by atoms with Gasteiger partial charge in [-0.25, -0.2) is 0 Å². The zero-order valence-corrected chi connectivity index (χ0v) is 12.8. The molecule has 0 atom stereocenters. The Morgan fingerprint density at radius 2 is 2.00 bits per heavy atom. The van der Waals surface area contributed by atoms with Crippen LogP contribution >= 0.6 is 23.8 Å². The topological polar surface area (TPSA) is 42.2 Å². The maximum absolute atomic E-state index is 6.28. The fraction of sp³-hybridized carbons (Fsp3) is 0.200. The molecule has 0 bridgehead atoms. The molecule has 20 heavy (non-hydrogen) atoms. The number of hydrogen-bond donors (Lipinski definition) is 1. The third-order valence-electron chi connectivity index (χ3n) is 3.13. The van der Waals surface area contributed by atoms with E-state index in [9.17, 15) is 0 Å². The van der Waals surface area contributed by atoms with Gasteiger partial charge in [0.15, 0.2) is 0 Å². The summed E-state index contributed by atoms with van der Waals surface area (Å²) in [7, 11) is 2.02. The van der Waals surface area contributed by atoms with Gasteiger partial charge in [-0.15, -0.1) is 0 Å². The normalized spacial score (nSPS) is 10.3. The highest BCUT2D eigenvalue weighted by Crippen LogP contribution is 2.26. The number of nitrogens with zero attached hydrogens (tertiary/aromatic N) is 2. The van der Waals surface area contributed by atoms with Crippen LogP contribution in [0.5, 0.6) is 0 Å². The van der Waals surface area contributed by atoms with Crippen molar-refractivity contribution in [3.63, 3.8) is 0 Å². The molecule has 0 aliphatic carbocycles. The molecule has 0 aliphatic rings. The molecule has 0 saturated carbocycles. The summed E-state index contributed by atoms with van der Waals surface area (Å²) in [6.07, 6.45) is 4.55. The molecule has 5 heteroatoms. The number of nitrogens with two attached hydrogens (primary N) is 1. The highest BCUT2D eigenvalue weighted by atomic mass is 35.5. The maximum atomic E-state index is 6.28. The summed E-state index contributed by atoms with van der Waals surface area (Å²) in [5.74, 6) is 0. The molecule has 1 aromatic carbocycles. The monoisotopic (exact) mass is 305 g/mol. The lowest BCUT2D eigenvalue weighted by Crippen LogP contribution is -2.21. The van der Waals surface area contributed by atoms with E-state index < -0.39 is 0 Å². The quantitative estimate of drug-likeness (QED) is 0.862. The van der Waals surface area contributed by atoms with Crippen molar-refractivity contribution >= 4 is 34.5 Å². The van der Waals surface area contributed by atoms with Gasteiger partial charge >= 0.3 is 0 Å². The van der Waals surface area contributed by atoms with E-state index in [1.165, 1.54) is 5.56 Å². The zero-order valence-electron chi connectivity index (χ0n) is 11.2. The summed E-state index contributed by atoms with van der Waals surface area (Å²) in [5.41, 5.74) is 8.61. The summed E-state index contributed by atoms with van der Waals surface area (Å²) in [6, 6.07) is 9.69. The SMILES string of the molecule is CN(CCc1ccncc1)c1ccc(C(N)=S)cc1Cl. The van der Waals surface area contributed by atoms with Crippen LogP contribution < -0.4 is 10.6 Å². The number of anilines is 1. The number of pyridine rings is 1. The fourth-order valence-electron chi connectivity index (χ4n) is 1.94. The Bertz CT molecular complexity index is 601. The van der Waals surface area contributed by atoms with Crippen LogP contribution in [0.15, 0.2) is 42.7 Å². The van der Waals surface area contributed by atoms with Crippen molar-refractivity contribution in [3.05, 3.63) is 58.9 Å². The molecule has 104 valence electrons. The third-order valence-corrected chi connectivity index (χ3v) is 3.67. The van der Waals surface area contributed by atoms with E-state index >= 15 is 0 Å². The Balaban J connectivity index is 2.06. The van der Waals surface area contributed by atoms with Gasteiger partial charge in [0.25, 0.3) is 0 Å². The molecule has 1 aromatic heterocycles. The highest BCUT2D eigenvalue weighted by molar-refractivity contribution is 7.80. The molecule has 0 radical (unpaired) electrons. The number of benzene rings is 1. The predicted octanol–water partition coefficient (Wildman–Crippen LogP) is 3.05. The van der Waals surface area contributed by atoms with Crippen LogP contribution in [-0.4, -0.2) is 23.6 Å². The first-order valence-electron chi connectivity index (χ1n) is 6.27. The van der Waals surface area contributed by atoms with Crippen LogP contribution in [-0.2, 0) is 6.42 Å². The summed E-state index contributed by atoms with van der Waals surface area (Å²) in [5, 5.41) is 0.660. The molecule has 0 fully saturated rings. The molecule has 1 heterocycles. The van der Waals surface area contributed by atoms with Gasteiger partial charge in [-0.2, -0.15) is 0 Å². The fourth-order valence-corrected chi connectivity index (χ4v) is 2.39. The minimum Gasteiger partial charge on any atom is -0.389 e. The van der Waals surface area contributed by atoms with Gasteiger partial charge in [-0.1, -0.05) is 23.8 Å². The number of rotatable bonds is 5. The molecular formula is C15H16ClN3S. The van der Waals surface area contributed by atoms with Gasteiger partial charge in [0.2, 0.25) is 0 Å². The van der Waals surface area contributed by atoms with Crippen molar-refractivity contribution in [2.24, 2.45) is 5.73 Å². The Morgan fingerprint density at radius 3 is 2.60 bits per heavy atom. The van der Waals surface area contributed by atoms with E-state index in [0.717, 1.165) is 24.2 Å². The minimum absolute atomic E-state index is 0.359. The third kappa shape index (κ3) is 3.68. The highest BCUT2D eigenvalue weighted by Gasteiger charge is 2.08. The predicted molar refractivity (Wildman–Crippen MR) is 88.6 cm³/mol. The maximum Gasteiger partial charge on any atom is 0.104 e. The van der Waals surface area contributed by atoms with E-state index in [0.29, 0.717) is 10.0 Å². The van der Waals surface area contributed by atoms with Crippen molar-refractivity contribution in [1.29, 1.82) is 0 Å². The van der Waals surface area contributed by atoms with Crippen LogP contribution in [0.4, 0.5) is 5.69 Å². The number of hydrogen-bond acceptors (Lipinski definition) is 3. The molecule has 2 aromatic rings. The van der Waals surface area contributed by atoms with Gasteiger partial charge in [0, 0.05) is 31.5 Å². The van der Waals surface area contributed by atoms with Crippen molar-refractivity contribution < 1.29 is 0 Å². The second-order valence-electron chi connectivity index (χ2n) is 4.56. The standard InChI is InChI=1S/C15H16ClN3S/c1-19(9-6-11-4-7-18-8-5-11)14-3-2-12(15(17)20)10-13(14)16/h2-5,7-8,10H,6,9H2,1H3,(H2,17,20). The Labute approximate surface area is 129 Å².